The fraction of sp³-hybridized carbons (Fsp3) is 0.0500. The van der Waals surface area contributed by atoms with Crippen LogP contribution in [-0.4, -0.2) is 28.7 Å². The van der Waals surface area contributed by atoms with Crippen LogP contribution in [0.4, 0.5) is 10.1 Å². The molecular weight excluding hydrogens is 409 g/mol. The zero-order valence-corrected chi connectivity index (χ0v) is 16.3. The highest BCUT2D eigenvalue weighted by molar-refractivity contribution is 7.92. The highest BCUT2D eigenvalue weighted by atomic mass is 32.2. The van der Waals surface area contributed by atoms with Crippen molar-refractivity contribution in [1.29, 1.82) is 0 Å². The maximum Gasteiger partial charge on any atom is 0.261 e. The Kier molecular flexibility index (Phi) is 4.92. The van der Waals surface area contributed by atoms with Gasteiger partial charge in [0.05, 0.1) is 28.9 Å². The SMILES string of the molecule is NC(=O)Cc1cn2cc(-c3cncc(NS(=O)(=O)c4ccc(F)cc4)c3)ccc2n1. The minimum Gasteiger partial charge on any atom is -0.369 e. The maximum atomic E-state index is 13.1. The summed E-state index contributed by atoms with van der Waals surface area (Å²) in [5, 5.41) is 0. The van der Waals surface area contributed by atoms with Crippen molar-refractivity contribution in [3.63, 3.8) is 0 Å². The molecule has 30 heavy (non-hydrogen) atoms. The number of primary amides is 1. The quantitative estimate of drug-likeness (QED) is 0.491. The first kappa shape index (κ1) is 19.5. The van der Waals surface area contributed by atoms with E-state index in [1.165, 1.54) is 18.3 Å². The number of nitrogens with zero attached hydrogens (tertiary/aromatic N) is 3. The predicted molar refractivity (Wildman–Crippen MR) is 109 cm³/mol. The number of pyridine rings is 2. The van der Waals surface area contributed by atoms with Crippen LogP contribution in [0.2, 0.25) is 0 Å². The number of rotatable bonds is 6. The molecule has 0 atom stereocenters. The zero-order valence-electron chi connectivity index (χ0n) is 15.5. The molecule has 152 valence electrons. The van der Waals surface area contributed by atoms with E-state index in [9.17, 15) is 17.6 Å². The molecule has 0 aliphatic rings. The average Bonchev–Trinajstić information content (AvgIpc) is 3.08. The van der Waals surface area contributed by atoms with Crippen LogP contribution >= 0.6 is 0 Å². The number of fused-ring (bicyclic) bond motifs is 1. The van der Waals surface area contributed by atoms with E-state index in [0.29, 0.717) is 16.9 Å². The minimum absolute atomic E-state index is 0.0409. The Hall–Kier alpha value is -3.79. The predicted octanol–water partition coefficient (Wildman–Crippen LogP) is 2.36. The van der Waals surface area contributed by atoms with Gasteiger partial charge in [0.15, 0.2) is 0 Å². The van der Waals surface area contributed by atoms with Crippen molar-refractivity contribution in [2.24, 2.45) is 5.73 Å². The van der Waals surface area contributed by atoms with Crippen molar-refractivity contribution in [3.8, 4) is 11.1 Å². The van der Waals surface area contributed by atoms with Gasteiger partial charge in [-0.25, -0.2) is 17.8 Å². The number of nitrogens with one attached hydrogen (secondary N) is 1. The van der Waals surface area contributed by atoms with Crippen molar-refractivity contribution in [1.82, 2.24) is 14.4 Å². The Morgan fingerprint density at radius 2 is 1.83 bits per heavy atom. The molecule has 1 amide bonds. The maximum absolute atomic E-state index is 13.1. The number of carbonyl (C=O) groups excluding carboxylic acids is 1. The number of carbonyl (C=O) groups is 1. The lowest BCUT2D eigenvalue weighted by molar-refractivity contribution is -0.117. The van der Waals surface area contributed by atoms with Crippen LogP contribution in [-0.2, 0) is 21.2 Å². The number of hydrogen-bond donors (Lipinski definition) is 2. The van der Waals surface area contributed by atoms with E-state index in [0.717, 1.165) is 17.7 Å². The standard InChI is InChI=1S/C20H16FN5O3S/c21-15-2-4-18(5-3-15)30(28,29)25-16-7-14(9-23-10-16)13-1-6-20-24-17(8-19(22)27)12-26(20)11-13/h1-7,9-12,25H,8H2,(H2,22,27). The number of sulfonamides is 1. The average molecular weight is 425 g/mol. The molecule has 0 saturated heterocycles. The third-order valence-electron chi connectivity index (χ3n) is 4.30. The number of aromatic nitrogens is 3. The van der Waals surface area contributed by atoms with Crippen LogP contribution in [0.5, 0.6) is 0 Å². The number of imidazole rings is 1. The Bertz CT molecular complexity index is 1350. The first-order valence-electron chi connectivity index (χ1n) is 8.80. The number of benzene rings is 1. The molecule has 0 aliphatic carbocycles. The summed E-state index contributed by atoms with van der Waals surface area (Å²) in [4.78, 5) is 19.5. The van der Waals surface area contributed by atoms with E-state index in [2.05, 4.69) is 14.7 Å². The summed E-state index contributed by atoms with van der Waals surface area (Å²) in [7, 11) is -3.89. The molecule has 3 heterocycles. The Labute approximate surface area is 171 Å². The fourth-order valence-corrected chi connectivity index (χ4v) is 3.99. The third kappa shape index (κ3) is 4.13. The molecule has 3 aromatic heterocycles. The van der Waals surface area contributed by atoms with Crippen LogP contribution in [0.15, 0.2) is 72.1 Å². The van der Waals surface area contributed by atoms with E-state index in [4.69, 9.17) is 5.73 Å². The molecule has 3 N–H and O–H groups in total. The Morgan fingerprint density at radius 1 is 1.07 bits per heavy atom. The molecule has 0 fully saturated rings. The summed E-state index contributed by atoms with van der Waals surface area (Å²) >= 11 is 0. The van der Waals surface area contributed by atoms with Gasteiger partial charge in [0.25, 0.3) is 10.0 Å². The summed E-state index contributed by atoms with van der Waals surface area (Å²) in [5.74, 6) is -0.990. The minimum atomic E-state index is -3.89. The molecule has 8 nitrogen and oxygen atoms in total. The largest absolute Gasteiger partial charge is 0.369 e. The second kappa shape index (κ2) is 7.56. The Balaban J connectivity index is 1.63. The molecule has 4 aromatic rings. The zero-order chi connectivity index (χ0) is 21.3. The summed E-state index contributed by atoms with van der Waals surface area (Å²) in [6, 6.07) is 9.75. The second-order valence-corrected chi connectivity index (χ2v) is 8.26. The van der Waals surface area contributed by atoms with Gasteiger partial charge in [0, 0.05) is 29.7 Å². The Morgan fingerprint density at radius 3 is 2.57 bits per heavy atom. The number of nitrogens with two attached hydrogens (primary N) is 1. The van der Waals surface area contributed by atoms with E-state index >= 15 is 0 Å². The highest BCUT2D eigenvalue weighted by Gasteiger charge is 2.15. The van der Waals surface area contributed by atoms with E-state index < -0.39 is 21.7 Å². The third-order valence-corrected chi connectivity index (χ3v) is 5.70. The van der Waals surface area contributed by atoms with Gasteiger partial charge in [0.2, 0.25) is 5.91 Å². The first-order valence-corrected chi connectivity index (χ1v) is 10.3. The number of amides is 1. The summed E-state index contributed by atoms with van der Waals surface area (Å²) in [6.07, 6.45) is 6.52. The van der Waals surface area contributed by atoms with Gasteiger partial charge in [-0.3, -0.25) is 14.5 Å². The van der Waals surface area contributed by atoms with Crippen molar-refractivity contribution in [2.75, 3.05) is 4.72 Å². The molecule has 0 unspecified atom stereocenters. The van der Waals surface area contributed by atoms with Gasteiger partial charge >= 0.3 is 0 Å². The van der Waals surface area contributed by atoms with Gasteiger partial charge in [-0.15, -0.1) is 0 Å². The lowest BCUT2D eigenvalue weighted by Gasteiger charge is -2.09. The fourth-order valence-electron chi connectivity index (χ4n) is 2.96. The van der Waals surface area contributed by atoms with Gasteiger partial charge in [-0.2, -0.15) is 0 Å². The van der Waals surface area contributed by atoms with Crippen LogP contribution in [0.3, 0.4) is 0 Å². The molecule has 1 aromatic carbocycles. The highest BCUT2D eigenvalue weighted by Crippen LogP contribution is 2.24. The lowest BCUT2D eigenvalue weighted by atomic mass is 10.1. The van der Waals surface area contributed by atoms with Crippen LogP contribution in [0.25, 0.3) is 16.8 Å². The number of hydrogen-bond acceptors (Lipinski definition) is 5. The van der Waals surface area contributed by atoms with Crippen molar-refractivity contribution in [3.05, 3.63) is 78.8 Å². The van der Waals surface area contributed by atoms with Crippen LogP contribution < -0.4 is 10.5 Å². The van der Waals surface area contributed by atoms with Crippen molar-refractivity contribution < 1.29 is 17.6 Å². The normalized spacial score (nSPS) is 11.5. The van der Waals surface area contributed by atoms with Gasteiger partial charge in [-0.1, -0.05) is 0 Å². The monoisotopic (exact) mass is 425 g/mol. The van der Waals surface area contributed by atoms with Gasteiger partial charge in [0.1, 0.15) is 11.5 Å². The van der Waals surface area contributed by atoms with E-state index in [-0.39, 0.29) is 17.0 Å². The van der Waals surface area contributed by atoms with Crippen molar-refractivity contribution in [2.45, 2.75) is 11.3 Å². The van der Waals surface area contributed by atoms with Gasteiger partial charge < -0.3 is 10.1 Å². The topological polar surface area (TPSA) is 119 Å². The second-order valence-electron chi connectivity index (χ2n) is 6.58. The smallest absolute Gasteiger partial charge is 0.261 e. The molecule has 0 saturated carbocycles. The molecule has 0 radical (unpaired) electrons. The van der Waals surface area contributed by atoms with Crippen LogP contribution in [0, 0.1) is 5.82 Å². The molecular formula is C20H16FN5O3S. The first-order chi connectivity index (χ1) is 14.3. The van der Waals surface area contributed by atoms with Crippen molar-refractivity contribution >= 4 is 27.3 Å². The van der Waals surface area contributed by atoms with E-state index in [1.807, 2.05) is 6.07 Å². The van der Waals surface area contributed by atoms with Gasteiger partial charge in [-0.05, 0) is 42.5 Å². The summed E-state index contributed by atoms with van der Waals surface area (Å²) < 4.78 is 42.3. The lowest BCUT2D eigenvalue weighted by Crippen LogP contribution is -2.13. The van der Waals surface area contributed by atoms with Crippen LogP contribution in [0.1, 0.15) is 5.69 Å². The molecule has 0 bridgehead atoms. The molecule has 0 spiro atoms. The summed E-state index contributed by atoms with van der Waals surface area (Å²) in [5.41, 5.74) is 8.11. The molecule has 4 rings (SSSR count). The number of anilines is 1. The van der Waals surface area contributed by atoms with E-state index in [1.54, 1.807) is 35.1 Å². The summed E-state index contributed by atoms with van der Waals surface area (Å²) in [6.45, 7) is 0. The molecule has 10 heteroatoms. The molecule has 0 aliphatic heterocycles. The number of halogens is 1.